The summed E-state index contributed by atoms with van der Waals surface area (Å²) in [5.41, 5.74) is 0.0869. The number of hydrogen-bond acceptors (Lipinski definition) is 8. The van der Waals surface area contributed by atoms with E-state index in [2.05, 4.69) is 30.9 Å². The van der Waals surface area contributed by atoms with Crippen LogP contribution in [0.5, 0.6) is 0 Å². The summed E-state index contributed by atoms with van der Waals surface area (Å²) in [4.78, 5) is 36.6. The average molecular weight is 407 g/mol. The molecule has 0 radical (unpaired) electrons. The molecule has 12 heteroatoms. The predicted molar refractivity (Wildman–Crippen MR) is 102 cm³/mol. The largest absolute Gasteiger partial charge is 0.387 e. The van der Waals surface area contributed by atoms with Crippen LogP contribution in [0.2, 0.25) is 0 Å². The molecule has 4 atom stereocenters. The van der Waals surface area contributed by atoms with Crippen LogP contribution in [0.3, 0.4) is 0 Å². The normalized spacial score (nSPS) is 24.5. The van der Waals surface area contributed by atoms with Gasteiger partial charge >= 0.3 is 6.03 Å². The number of aliphatic hydroxyl groups is 2. The van der Waals surface area contributed by atoms with Crippen LogP contribution >= 0.6 is 0 Å². The van der Waals surface area contributed by atoms with Crippen molar-refractivity contribution >= 4 is 28.9 Å². The first-order valence-electron chi connectivity index (χ1n) is 9.18. The smallest absolute Gasteiger partial charge is 0.320 e. The van der Waals surface area contributed by atoms with Crippen LogP contribution in [0.25, 0.3) is 11.2 Å². The van der Waals surface area contributed by atoms with E-state index in [0.29, 0.717) is 6.54 Å². The molecular weight excluding hydrogens is 382 g/mol. The number of ether oxygens (including phenoxy) is 1. The molecule has 1 aliphatic rings. The third-order valence-electron chi connectivity index (χ3n) is 4.20. The molecule has 0 spiro atoms. The maximum atomic E-state index is 12.1. The third-order valence-corrected chi connectivity index (χ3v) is 4.20. The van der Waals surface area contributed by atoms with Gasteiger partial charge in [0.25, 0.3) is 5.91 Å². The molecular formula is C17H25N7O5. The van der Waals surface area contributed by atoms with Gasteiger partial charge in [-0.25, -0.2) is 19.7 Å². The number of nitrogens with one attached hydrogen (secondary N) is 3. The Morgan fingerprint density at radius 1 is 1.21 bits per heavy atom. The monoisotopic (exact) mass is 407 g/mol. The Balaban J connectivity index is 1.87. The number of urea groups is 1. The van der Waals surface area contributed by atoms with Gasteiger partial charge in [-0.05, 0) is 27.7 Å². The summed E-state index contributed by atoms with van der Waals surface area (Å²) in [5, 5.41) is 28.5. The van der Waals surface area contributed by atoms with Gasteiger partial charge < -0.3 is 25.6 Å². The summed E-state index contributed by atoms with van der Waals surface area (Å²) >= 11 is 0. The number of imidazole rings is 1. The van der Waals surface area contributed by atoms with Crippen LogP contribution < -0.4 is 16.0 Å². The maximum Gasteiger partial charge on any atom is 0.320 e. The van der Waals surface area contributed by atoms with Gasteiger partial charge in [-0.3, -0.25) is 14.7 Å². The van der Waals surface area contributed by atoms with Crippen LogP contribution in [-0.2, 0) is 9.53 Å². The number of carbonyl (C=O) groups is 2. The van der Waals surface area contributed by atoms with Crippen LogP contribution in [-0.4, -0.2) is 72.1 Å². The van der Waals surface area contributed by atoms with Crippen LogP contribution in [0.1, 0.15) is 33.9 Å². The number of carbonyl (C=O) groups excluding carboxylic acids is 2. The lowest BCUT2D eigenvalue weighted by Crippen LogP contribution is -2.43. The highest BCUT2D eigenvalue weighted by Gasteiger charge is 2.47. The SMILES string of the molecule is CCNC(=O)[C@H]1O[C@@H](n2cnc3c(NC(=O)NC(C)(C)C)ncnc32)[C@H](O)[C@@H]1O. The zero-order chi connectivity index (χ0) is 21.3. The number of aliphatic hydroxyl groups excluding tert-OH is 2. The number of anilines is 1. The fraction of sp³-hybridized carbons (Fsp3) is 0.588. The minimum Gasteiger partial charge on any atom is -0.387 e. The predicted octanol–water partition coefficient (Wildman–Crippen LogP) is -0.498. The van der Waals surface area contributed by atoms with Crippen molar-refractivity contribution in [2.24, 2.45) is 0 Å². The molecule has 3 heterocycles. The number of aromatic nitrogens is 4. The molecule has 1 aliphatic heterocycles. The van der Waals surface area contributed by atoms with Crippen molar-refractivity contribution in [1.82, 2.24) is 30.2 Å². The molecule has 0 bridgehead atoms. The van der Waals surface area contributed by atoms with E-state index in [9.17, 15) is 19.8 Å². The highest BCUT2D eigenvalue weighted by molar-refractivity contribution is 5.96. The average Bonchev–Trinajstić information content (AvgIpc) is 3.16. The van der Waals surface area contributed by atoms with Crippen molar-refractivity contribution in [3.05, 3.63) is 12.7 Å². The Morgan fingerprint density at radius 3 is 2.59 bits per heavy atom. The van der Waals surface area contributed by atoms with Crippen LogP contribution in [0, 0.1) is 0 Å². The van der Waals surface area contributed by atoms with Crippen LogP contribution in [0.15, 0.2) is 12.7 Å². The molecule has 2 aromatic rings. The van der Waals surface area contributed by atoms with Gasteiger partial charge in [0, 0.05) is 12.1 Å². The topological polar surface area (TPSA) is 164 Å². The molecule has 3 amide bonds. The number of hydrogen-bond donors (Lipinski definition) is 5. The molecule has 1 saturated heterocycles. The summed E-state index contributed by atoms with van der Waals surface area (Å²) in [6, 6.07) is -0.462. The number of nitrogens with zero attached hydrogens (tertiary/aromatic N) is 4. The van der Waals surface area contributed by atoms with Crippen molar-refractivity contribution in [2.45, 2.75) is 57.8 Å². The van der Waals surface area contributed by atoms with Crippen molar-refractivity contribution in [3.8, 4) is 0 Å². The van der Waals surface area contributed by atoms with Gasteiger partial charge in [0.15, 0.2) is 29.3 Å². The first-order chi connectivity index (χ1) is 13.6. The standard InChI is InChI=1S/C17H25N7O5/c1-5-18-14(27)11-9(25)10(26)15(29-11)24-7-21-8-12(19-6-20-13(8)24)22-16(28)23-17(2,3)4/h6-7,9-11,15,25-26H,5H2,1-4H3,(H,18,27)(H2,19,20,22,23,28)/t9-,10+,11-,15+/m0/s1. The second-order valence-electron chi connectivity index (χ2n) is 7.70. The Morgan fingerprint density at radius 2 is 1.93 bits per heavy atom. The van der Waals surface area contributed by atoms with Gasteiger partial charge in [0.1, 0.15) is 18.5 Å². The quantitative estimate of drug-likeness (QED) is 0.453. The highest BCUT2D eigenvalue weighted by Crippen LogP contribution is 2.32. The van der Waals surface area contributed by atoms with E-state index in [-0.39, 0.29) is 17.0 Å². The summed E-state index contributed by atoms with van der Waals surface area (Å²) in [7, 11) is 0. The van der Waals surface area contributed by atoms with Gasteiger partial charge in [-0.2, -0.15) is 0 Å². The lowest BCUT2D eigenvalue weighted by Gasteiger charge is -2.20. The Labute approximate surface area is 166 Å². The second kappa shape index (κ2) is 7.89. The van der Waals surface area contributed by atoms with Gasteiger partial charge in [0.2, 0.25) is 0 Å². The number of likely N-dealkylation sites (N-methyl/N-ethyl adjacent to an activating group) is 1. The molecule has 29 heavy (non-hydrogen) atoms. The molecule has 3 rings (SSSR count). The van der Waals surface area contributed by atoms with E-state index in [1.165, 1.54) is 17.2 Å². The Bertz CT molecular complexity index is 909. The summed E-state index contributed by atoms with van der Waals surface area (Å²) < 4.78 is 6.98. The second-order valence-corrected chi connectivity index (χ2v) is 7.70. The van der Waals surface area contributed by atoms with Gasteiger partial charge in [-0.1, -0.05) is 0 Å². The summed E-state index contributed by atoms with van der Waals surface area (Å²) in [5.74, 6) is -0.356. The van der Waals surface area contributed by atoms with Crippen molar-refractivity contribution in [3.63, 3.8) is 0 Å². The van der Waals surface area contributed by atoms with E-state index in [0.717, 1.165) is 0 Å². The summed E-state index contributed by atoms with van der Waals surface area (Å²) in [6.45, 7) is 7.61. The maximum absolute atomic E-state index is 12.1. The van der Waals surface area contributed by atoms with E-state index in [4.69, 9.17) is 4.74 Å². The Kier molecular flexibility index (Phi) is 5.68. The molecule has 0 aromatic carbocycles. The van der Waals surface area contributed by atoms with Crippen molar-refractivity contribution in [1.29, 1.82) is 0 Å². The van der Waals surface area contributed by atoms with Gasteiger partial charge in [0.05, 0.1) is 6.33 Å². The van der Waals surface area contributed by atoms with E-state index in [1.807, 2.05) is 20.8 Å². The fourth-order valence-electron chi connectivity index (χ4n) is 2.99. The molecule has 12 nitrogen and oxygen atoms in total. The third kappa shape index (κ3) is 4.28. The zero-order valence-electron chi connectivity index (χ0n) is 16.6. The van der Waals surface area contributed by atoms with E-state index >= 15 is 0 Å². The molecule has 0 saturated carbocycles. The van der Waals surface area contributed by atoms with Gasteiger partial charge in [-0.15, -0.1) is 0 Å². The molecule has 0 unspecified atom stereocenters. The number of fused-ring (bicyclic) bond motifs is 1. The van der Waals surface area contributed by atoms with Crippen LogP contribution in [0.4, 0.5) is 10.6 Å². The zero-order valence-corrected chi connectivity index (χ0v) is 16.6. The van der Waals surface area contributed by atoms with E-state index in [1.54, 1.807) is 6.92 Å². The number of rotatable bonds is 4. The summed E-state index contributed by atoms with van der Waals surface area (Å²) in [6.07, 6.45) is -2.55. The highest BCUT2D eigenvalue weighted by atomic mass is 16.6. The minimum absolute atomic E-state index is 0.170. The minimum atomic E-state index is -1.42. The lowest BCUT2D eigenvalue weighted by atomic mass is 10.1. The molecule has 0 aliphatic carbocycles. The molecule has 1 fully saturated rings. The molecule has 158 valence electrons. The first kappa shape index (κ1) is 20.9. The molecule has 2 aromatic heterocycles. The van der Waals surface area contributed by atoms with E-state index < -0.39 is 42.0 Å². The van der Waals surface area contributed by atoms with Crippen molar-refractivity contribution in [2.75, 3.05) is 11.9 Å². The Hall–Kier alpha value is -2.83. The fourth-order valence-corrected chi connectivity index (χ4v) is 2.99. The number of amides is 3. The molecule has 5 N–H and O–H groups in total. The lowest BCUT2D eigenvalue weighted by molar-refractivity contribution is -0.137. The first-order valence-corrected chi connectivity index (χ1v) is 9.18. The van der Waals surface area contributed by atoms with Crippen molar-refractivity contribution < 1.29 is 24.5 Å².